The van der Waals surface area contributed by atoms with Crippen LogP contribution < -0.4 is 10.5 Å². The minimum atomic E-state index is -0.0794. The van der Waals surface area contributed by atoms with Crippen molar-refractivity contribution < 1.29 is 4.74 Å². The van der Waals surface area contributed by atoms with Gasteiger partial charge in [0.05, 0.1) is 18.8 Å². The van der Waals surface area contributed by atoms with Crippen LogP contribution in [0.4, 0.5) is 5.82 Å². The largest absolute Gasteiger partial charge is 0.378 e. The van der Waals surface area contributed by atoms with E-state index in [0.29, 0.717) is 11.3 Å². The number of aromatic amines is 2. The van der Waals surface area contributed by atoms with Gasteiger partial charge in [0.25, 0.3) is 5.56 Å². The molecule has 1 saturated heterocycles. The minimum absolute atomic E-state index is 0.0794. The zero-order chi connectivity index (χ0) is 17.2. The van der Waals surface area contributed by atoms with Crippen LogP contribution in [0, 0.1) is 4.77 Å². The molecule has 2 aliphatic heterocycles. The molecule has 4 rings (SSSR count). The first-order valence-corrected chi connectivity index (χ1v) is 8.94. The second-order valence-electron chi connectivity index (χ2n) is 6.45. The number of ether oxygens (including phenoxy) is 1. The van der Waals surface area contributed by atoms with Crippen LogP contribution in [-0.4, -0.2) is 52.7 Å². The van der Waals surface area contributed by atoms with E-state index < -0.39 is 0 Å². The number of anilines is 1. The fraction of sp³-hybridized carbons (Fsp3) is 0.471. The molecule has 0 aromatic carbocycles. The quantitative estimate of drug-likeness (QED) is 0.803. The van der Waals surface area contributed by atoms with E-state index >= 15 is 0 Å². The molecule has 0 aliphatic carbocycles. The molecule has 2 aromatic heterocycles. The summed E-state index contributed by atoms with van der Waals surface area (Å²) in [7, 11) is 0. The molecule has 0 saturated carbocycles. The predicted octanol–water partition coefficient (Wildman–Crippen LogP) is 1.22. The number of morpholine rings is 1. The predicted molar refractivity (Wildman–Crippen MR) is 97.3 cm³/mol. The lowest BCUT2D eigenvalue weighted by Gasteiger charge is -2.29. The molecule has 25 heavy (non-hydrogen) atoms. The summed E-state index contributed by atoms with van der Waals surface area (Å²) in [5.74, 6) is 1.00. The molecule has 1 fully saturated rings. The molecule has 2 N–H and O–H groups in total. The number of rotatable bonds is 3. The molecule has 2 aliphatic rings. The molecule has 8 heteroatoms. The van der Waals surface area contributed by atoms with Crippen LogP contribution in [0.2, 0.25) is 0 Å². The number of hydrogen-bond donors (Lipinski definition) is 2. The smallest absolute Gasteiger partial charge is 0.256 e. The van der Waals surface area contributed by atoms with Crippen LogP contribution in [-0.2, 0) is 24.2 Å². The first-order chi connectivity index (χ1) is 12.2. The molecule has 132 valence electrons. The molecule has 0 bridgehead atoms. The molecule has 0 radical (unpaired) electrons. The Hall–Kier alpha value is -2.03. The number of aromatic nitrogens is 3. The fourth-order valence-electron chi connectivity index (χ4n) is 3.40. The number of hydrogen-bond acceptors (Lipinski definition) is 6. The van der Waals surface area contributed by atoms with Gasteiger partial charge in [-0.3, -0.25) is 14.7 Å². The van der Waals surface area contributed by atoms with Crippen LogP contribution >= 0.6 is 12.2 Å². The lowest BCUT2D eigenvalue weighted by Crippen LogP contribution is -2.37. The van der Waals surface area contributed by atoms with Crippen molar-refractivity contribution in [1.82, 2.24) is 19.9 Å². The van der Waals surface area contributed by atoms with Crippen LogP contribution in [0.3, 0.4) is 0 Å². The van der Waals surface area contributed by atoms with Crippen molar-refractivity contribution >= 4 is 18.0 Å². The number of H-pyrrole nitrogens is 2. The summed E-state index contributed by atoms with van der Waals surface area (Å²) in [4.78, 5) is 27.0. The molecule has 0 amide bonds. The Morgan fingerprint density at radius 2 is 2.04 bits per heavy atom. The highest BCUT2D eigenvalue weighted by molar-refractivity contribution is 7.71. The van der Waals surface area contributed by atoms with Crippen molar-refractivity contribution in [2.45, 2.75) is 19.5 Å². The van der Waals surface area contributed by atoms with Gasteiger partial charge >= 0.3 is 0 Å². The summed E-state index contributed by atoms with van der Waals surface area (Å²) >= 11 is 5.04. The zero-order valence-corrected chi connectivity index (χ0v) is 14.8. The van der Waals surface area contributed by atoms with Crippen LogP contribution in [0.15, 0.2) is 23.1 Å². The van der Waals surface area contributed by atoms with Crippen molar-refractivity contribution in [2.24, 2.45) is 0 Å². The maximum atomic E-state index is 12.1. The van der Waals surface area contributed by atoms with Crippen molar-refractivity contribution in [3.8, 4) is 0 Å². The topological polar surface area (TPSA) is 77.2 Å². The second kappa shape index (κ2) is 7.07. The van der Waals surface area contributed by atoms with Gasteiger partial charge in [-0.2, -0.15) is 0 Å². The molecular weight excluding hydrogens is 338 g/mol. The van der Waals surface area contributed by atoms with Gasteiger partial charge < -0.3 is 14.6 Å². The van der Waals surface area contributed by atoms with Gasteiger partial charge in [0.2, 0.25) is 0 Å². The van der Waals surface area contributed by atoms with Crippen LogP contribution in [0.1, 0.15) is 16.8 Å². The molecule has 0 spiro atoms. The summed E-state index contributed by atoms with van der Waals surface area (Å²) in [6.45, 7) is 5.60. The van der Waals surface area contributed by atoms with Crippen molar-refractivity contribution in [2.75, 3.05) is 37.7 Å². The fourth-order valence-corrected chi connectivity index (χ4v) is 3.61. The minimum Gasteiger partial charge on any atom is -0.378 e. The van der Waals surface area contributed by atoms with Gasteiger partial charge in [-0.15, -0.1) is 0 Å². The van der Waals surface area contributed by atoms with E-state index in [9.17, 15) is 4.79 Å². The van der Waals surface area contributed by atoms with E-state index in [1.54, 1.807) is 0 Å². The maximum Gasteiger partial charge on any atom is 0.256 e. The Labute approximate surface area is 150 Å². The molecular formula is C17H21N5O2S. The number of nitrogens with one attached hydrogen (secondary N) is 2. The van der Waals surface area contributed by atoms with E-state index in [1.807, 2.05) is 6.20 Å². The summed E-state index contributed by atoms with van der Waals surface area (Å²) < 4.78 is 5.78. The van der Waals surface area contributed by atoms with Crippen LogP contribution in [0.5, 0.6) is 0 Å². The Morgan fingerprint density at radius 3 is 2.80 bits per heavy atom. The average Bonchev–Trinajstić information content (AvgIpc) is 2.63. The molecule has 0 unspecified atom stereocenters. The first-order valence-electron chi connectivity index (χ1n) is 8.53. The van der Waals surface area contributed by atoms with E-state index in [-0.39, 0.29) is 5.56 Å². The SMILES string of the molecule is O=c1[nH]c(=S)[nH]c2c1CN(Cc1ccc(N3CCOCC3)nc1)CC2. The van der Waals surface area contributed by atoms with Gasteiger partial charge in [-0.25, -0.2) is 4.98 Å². The Kier molecular flexibility index (Phi) is 4.65. The van der Waals surface area contributed by atoms with E-state index in [1.165, 1.54) is 0 Å². The lowest BCUT2D eigenvalue weighted by atomic mass is 10.1. The monoisotopic (exact) mass is 359 g/mol. The van der Waals surface area contributed by atoms with Crippen molar-refractivity contribution in [3.05, 3.63) is 50.3 Å². The number of pyridine rings is 1. The van der Waals surface area contributed by atoms with E-state index in [4.69, 9.17) is 17.0 Å². The molecule has 4 heterocycles. The summed E-state index contributed by atoms with van der Waals surface area (Å²) in [5, 5.41) is 0. The van der Waals surface area contributed by atoms with E-state index in [2.05, 4.69) is 36.9 Å². The molecule has 0 atom stereocenters. The Bertz CT molecular complexity index is 855. The number of nitrogens with zero attached hydrogens (tertiary/aromatic N) is 3. The van der Waals surface area contributed by atoms with Gasteiger partial charge in [0, 0.05) is 51.0 Å². The van der Waals surface area contributed by atoms with Crippen LogP contribution in [0.25, 0.3) is 0 Å². The summed E-state index contributed by atoms with van der Waals surface area (Å²) in [6, 6.07) is 4.19. The normalized spacial score (nSPS) is 18.2. The highest BCUT2D eigenvalue weighted by Crippen LogP contribution is 2.18. The summed E-state index contributed by atoms with van der Waals surface area (Å²) in [5.41, 5.74) is 2.83. The van der Waals surface area contributed by atoms with Crippen molar-refractivity contribution in [3.63, 3.8) is 0 Å². The Balaban J connectivity index is 1.44. The zero-order valence-electron chi connectivity index (χ0n) is 14.0. The highest BCUT2D eigenvalue weighted by Gasteiger charge is 2.20. The summed E-state index contributed by atoms with van der Waals surface area (Å²) in [6.07, 6.45) is 2.74. The van der Waals surface area contributed by atoms with Gasteiger partial charge in [0.1, 0.15) is 5.82 Å². The third-order valence-electron chi connectivity index (χ3n) is 4.74. The first kappa shape index (κ1) is 16.4. The van der Waals surface area contributed by atoms with Gasteiger partial charge in [-0.05, 0) is 23.8 Å². The second-order valence-corrected chi connectivity index (χ2v) is 6.86. The standard InChI is InChI=1S/C17H21N5O2S/c23-16-13-11-21(4-3-14(13)19-17(25)20-16)10-12-1-2-15(18-9-12)22-5-7-24-8-6-22/h1-2,9H,3-8,10-11H2,(H2,19,20,23,25). The van der Waals surface area contributed by atoms with Gasteiger partial charge in [-0.1, -0.05) is 6.07 Å². The lowest BCUT2D eigenvalue weighted by molar-refractivity contribution is 0.122. The molecule has 2 aromatic rings. The molecule has 7 nitrogen and oxygen atoms in total. The number of fused-ring (bicyclic) bond motifs is 1. The third kappa shape index (κ3) is 3.65. The average molecular weight is 359 g/mol. The van der Waals surface area contributed by atoms with Gasteiger partial charge in [0.15, 0.2) is 4.77 Å². The highest BCUT2D eigenvalue weighted by atomic mass is 32.1. The van der Waals surface area contributed by atoms with Crippen molar-refractivity contribution in [1.29, 1.82) is 0 Å². The third-order valence-corrected chi connectivity index (χ3v) is 4.94. The Morgan fingerprint density at radius 1 is 1.20 bits per heavy atom. The maximum absolute atomic E-state index is 12.1. The van der Waals surface area contributed by atoms with E-state index in [0.717, 1.165) is 68.5 Å².